The molecule has 0 atom stereocenters. The number of aromatic nitrogens is 2. The monoisotopic (exact) mass is 592 g/mol. The summed E-state index contributed by atoms with van der Waals surface area (Å²) in [6.45, 7) is 1.92. The number of anilines is 1. The number of H-pyrrole nitrogens is 1. The van der Waals surface area contributed by atoms with Gasteiger partial charge in [-0.25, -0.2) is 9.37 Å². The number of nitrogens with zero attached hydrogens (tertiary/aromatic N) is 2. The maximum atomic E-state index is 13.3. The first-order valence-electron chi connectivity index (χ1n) is 12.1. The quantitative estimate of drug-likeness (QED) is 0.136. The fourth-order valence-electron chi connectivity index (χ4n) is 3.75. The van der Waals surface area contributed by atoms with E-state index in [1.54, 1.807) is 42.7 Å². The van der Waals surface area contributed by atoms with Crippen LogP contribution in [0.15, 0.2) is 84.0 Å². The number of pyridine rings is 1. The van der Waals surface area contributed by atoms with Gasteiger partial charge in [-0.15, -0.1) is 11.3 Å². The molecule has 204 valence electrons. The highest BCUT2D eigenvalue weighted by Gasteiger charge is 2.14. The van der Waals surface area contributed by atoms with Crippen molar-refractivity contribution in [3.05, 3.63) is 116 Å². The molecule has 5 rings (SSSR count). The molecule has 0 saturated carbocycles. The van der Waals surface area contributed by atoms with Crippen LogP contribution in [0.4, 0.5) is 15.2 Å². The average Bonchev–Trinajstić information content (AvgIpc) is 3.32. The molecule has 0 unspecified atom stereocenters. The molecule has 40 heavy (non-hydrogen) atoms. The number of phenolic OH excluding ortho intramolecular Hbond substituents is 1. The first-order chi connectivity index (χ1) is 19.2. The summed E-state index contributed by atoms with van der Waals surface area (Å²) in [6, 6.07) is 21.8. The van der Waals surface area contributed by atoms with Gasteiger partial charge in [-0.2, -0.15) is 0 Å². The van der Waals surface area contributed by atoms with Gasteiger partial charge in [-0.3, -0.25) is 4.99 Å². The number of nitrogens with one attached hydrogen (secondary N) is 1. The van der Waals surface area contributed by atoms with Crippen LogP contribution in [0, 0.1) is 17.4 Å². The largest absolute Gasteiger partial charge is 0.504 e. The minimum atomic E-state index is -0.437. The second kappa shape index (κ2) is 13.3. The molecule has 4 N–H and O–H groups in total. The highest BCUT2D eigenvalue weighted by Crippen LogP contribution is 2.33. The summed E-state index contributed by atoms with van der Waals surface area (Å²) in [5, 5.41) is 10.5. The number of aromatic amines is 1. The number of halogens is 2. The highest BCUT2D eigenvalue weighted by molar-refractivity contribution is 7.71. The Morgan fingerprint density at radius 3 is 2.62 bits per heavy atom. The first-order valence-corrected chi connectivity index (χ1v) is 13.7. The van der Waals surface area contributed by atoms with Crippen LogP contribution in [-0.4, -0.2) is 28.4 Å². The average molecular weight is 593 g/mol. The number of nitrogen functional groups attached to an aromatic ring is 1. The topological polar surface area (TPSA) is 96.5 Å². The number of hydrogen-bond donors (Lipinski definition) is 3. The summed E-state index contributed by atoms with van der Waals surface area (Å²) in [6.07, 6.45) is 4.05. The van der Waals surface area contributed by atoms with Gasteiger partial charge in [0.2, 0.25) is 0 Å². The minimum absolute atomic E-state index is 0.0781. The number of ether oxygens (including phenoxy) is 1. The smallest absolute Gasteiger partial charge is 0.180 e. The predicted molar refractivity (Wildman–Crippen MR) is 164 cm³/mol. The van der Waals surface area contributed by atoms with Crippen molar-refractivity contribution >= 4 is 52.2 Å². The van der Waals surface area contributed by atoms with E-state index >= 15 is 0 Å². The summed E-state index contributed by atoms with van der Waals surface area (Å²) in [4.78, 5) is 12.7. The lowest BCUT2D eigenvalue weighted by Crippen LogP contribution is -1.90. The lowest BCUT2D eigenvalue weighted by atomic mass is 10.1. The molecule has 10 heteroatoms. The van der Waals surface area contributed by atoms with Crippen molar-refractivity contribution in [3.63, 3.8) is 0 Å². The van der Waals surface area contributed by atoms with Gasteiger partial charge in [0.1, 0.15) is 10.5 Å². The molecule has 5 aromatic rings. The number of aliphatic imine (C=N–C) groups is 1. The number of aryl methyl sites for hydroxylation is 1. The molecule has 0 aliphatic carbocycles. The Hall–Kier alpha value is -4.05. The molecular formula is C30H26ClFN4O2S2. The summed E-state index contributed by atoms with van der Waals surface area (Å²) in [5.74, 6) is 0.0650. The fraction of sp³-hybridized carbons (Fsp3) is 0.100. The molecule has 0 radical (unpaired) electrons. The zero-order valence-electron chi connectivity index (χ0n) is 21.7. The first kappa shape index (κ1) is 28.9. The Morgan fingerprint density at radius 2 is 1.93 bits per heavy atom. The van der Waals surface area contributed by atoms with E-state index in [1.165, 1.54) is 30.1 Å². The molecule has 3 aromatic carbocycles. The lowest BCUT2D eigenvalue weighted by molar-refractivity contribution is 0.373. The van der Waals surface area contributed by atoms with Crippen LogP contribution in [-0.2, 0) is 6.42 Å². The van der Waals surface area contributed by atoms with Crippen molar-refractivity contribution < 1.29 is 14.2 Å². The third kappa shape index (κ3) is 7.32. The number of aromatic hydroxyl groups is 1. The third-order valence-corrected chi connectivity index (χ3v) is 7.40. The Morgan fingerprint density at radius 1 is 1.15 bits per heavy atom. The molecule has 0 aliphatic heterocycles. The predicted octanol–water partition coefficient (Wildman–Crippen LogP) is 8.29. The number of thiazole rings is 1. The minimum Gasteiger partial charge on any atom is -0.504 e. The standard InChI is InChI=1S/C16H12ClFN2S.C14H14N2O2S/c17-12-9-11(6-7-13(12)18)15-14(21-16(19)20-15)8-10-4-2-1-3-5-10;1-9-6-11(8-16-14(9)19)15-7-10-4-3-5-12(18-2)13(10)17/h1-7,9H,8H2,(H2,19,20);3-8,17H,1-2H3,(H,16,19). The van der Waals surface area contributed by atoms with Gasteiger partial charge in [0.05, 0.1) is 23.5 Å². The van der Waals surface area contributed by atoms with Crippen molar-refractivity contribution in [3.8, 4) is 22.8 Å². The summed E-state index contributed by atoms with van der Waals surface area (Å²) in [7, 11) is 1.51. The Labute approximate surface area is 245 Å². The number of hydrogen-bond acceptors (Lipinski definition) is 7. The van der Waals surface area contributed by atoms with E-state index in [0.29, 0.717) is 21.1 Å². The van der Waals surface area contributed by atoms with Crippen LogP contribution in [0.25, 0.3) is 11.3 Å². The van der Waals surface area contributed by atoms with Crippen LogP contribution in [0.5, 0.6) is 11.5 Å². The van der Waals surface area contributed by atoms with Gasteiger partial charge in [-0.1, -0.05) is 60.2 Å². The number of nitrogens with two attached hydrogens (primary N) is 1. The lowest BCUT2D eigenvalue weighted by Gasteiger charge is -2.04. The zero-order valence-corrected chi connectivity index (χ0v) is 24.1. The van der Waals surface area contributed by atoms with E-state index in [4.69, 9.17) is 34.3 Å². The fourth-order valence-corrected chi connectivity index (χ4v) is 4.94. The second-order valence-electron chi connectivity index (χ2n) is 8.64. The molecule has 0 spiro atoms. The second-order valence-corrected chi connectivity index (χ2v) is 10.6. The van der Waals surface area contributed by atoms with Crippen LogP contribution in [0.2, 0.25) is 5.02 Å². The van der Waals surface area contributed by atoms with E-state index in [1.807, 2.05) is 31.2 Å². The van der Waals surface area contributed by atoms with E-state index in [0.717, 1.165) is 33.8 Å². The third-order valence-electron chi connectivity index (χ3n) is 5.79. The number of methoxy groups -OCH3 is 1. The molecule has 0 amide bonds. The molecule has 0 aliphatic rings. The molecule has 2 aromatic heterocycles. The summed E-state index contributed by atoms with van der Waals surface area (Å²) in [5.41, 5.74) is 10.9. The number of benzene rings is 3. The van der Waals surface area contributed by atoms with Crippen molar-refractivity contribution in [1.82, 2.24) is 9.97 Å². The number of para-hydroxylation sites is 1. The van der Waals surface area contributed by atoms with Gasteiger partial charge in [0, 0.05) is 34.8 Å². The van der Waals surface area contributed by atoms with Crippen LogP contribution >= 0.6 is 35.2 Å². The van der Waals surface area contributed by atoms with E-state index in [2.05, 4.69) is 27.1 Å². The molecular weight excluding hydrogens is 567 g/mol. The molecule has 6 nitrogen and oxygen atoms in total. The van der Waals surface area contributed by atoms with E-state index < -0.39 is 5.82 Å². The SMILES string of the molecule is COc1cccc(C=Nc2c[nH]c(=S)c(C)c2)c1O.Nc1nc(-c2ccc(F)c(Cl)c2)c(Cc2ccccc2)s1. The van der Waals surface area contributed by atoms with Gasteiger partial charge in [0.15, 0.2) is 16.6 Å². The highest BCUT2D eigenvalue weighted by atomic mass is 35.5. The van der Waals surface area contributed by atoms with Crippen molar-refractivity contribution in [2.75, 3.05) is 12.8 Å². The van der Waals surface area contributed by atoms with E-state index in [9.17, 15) is 9.50 Å². The zero-order chi connectivity index (χ0) is 28.6. The number of rotatable bonds is 6. The Balaban J connectivity index is 0.000000186. The van der Waals surface area contributed by atoms with Crippen molar-refractivity contribution in [2.45, 2.75) is 13.3 Å². The maximum absolute atomic E-state index is 13.3. The van der Waals surface area contributed by atoms with E-state index in [-0.39, 0.29) is 10.8 Å². The summed E-state index contributed by atoms with van der Waals surface area (Å²) >= 11 is 12.4. The van der Waals surface area contributed by atoms with Crippen LogP contribution in [0.1, 0.15) is 21.6 Å². The molecule has 2 heterocycles. The van der Waals surface area contributed by atoms with Gasteiger partial charge in [-0.05, 0) is 54.4 Å². The van der Waals surface area contributed by atoms with Gasteiger partial charge in [0.25, 0.3) is 0 Å². The Bertz CT molecular complexity index is 1700. The summed E-state index contributed by atoms with van der Waals surface area (Å²) < 4.78 is 19.0. The molecule has 0 saturated heterocycles. The molecule has 0 fully saturated rings. The number of phenols is 1. The Kier molecular flexibility index (Phi) is 9.65. The van der Waals surface area contributed by atoms with Crippen molar-refractivity contribution in [1.29, 1.82) is 0 Å². The van der Waals surface area contributed by atoms with Crippen molar-refractivity contribution in [2.24, 2.45) is 4.99 Å². The van der Waals surface area contributed by atoms with Gasteiger partial charge < -0.3 is 20.6 Å². The van der Waals surface area contributed by atoms with Gasteiger partial charge >= 0.3 is 0 Å². The van der Waals surface area contributed by atoms with Crippen LogP contribution in [0.3, 0.4) is 0 Å². The maximum Gasteiger partial charge on any atom is 0.180 e. The van der Waals surface area contributed by atoms with Crippen LogP contribution < -0.4 is 10.5 Å². The normalized spacial score (nSPS) is 10.8. The molecule has 0 bridgehead atoms.